The number of likely N-dealkylation sites (N-methyl/N-ethyl adjacent to an activating group) is 1. The molecular weight excluding hydrogens is 304 g/mol. The summed E-state index contributed by atoms with van der Waals surface area (Å²) in [6, 6.07) is -1.82. The first-order valence-corrected chi connectivity index (χ1v) is 7.23. The lowest BCUT2D eigenvalue weighted by Gasteiger charge is -2.41. The van der Waals surface area contributed by atoms with Crippen molar-refractivity contribution in [2.45, 2.75) is 26.2 Å². The number of carbonyl (C=O) groups excluding carboxylic acids is 1. The SMILES string of the molecule is [2H]c1c(C)[nH]c2ncnc(N([C@H]3CN(C(=O)C([2H])([2H])[N+]#[C-])CC[C@@]3([2H])C([2H])([2H])[2H])C([2H])([2H])[2H])c12. The summed E-state index contributed by atoms with van der Waals surface area (Å²) < 4.78 is 80.9. The number of H-pyrrole nitrogens is 1. The molecule has 0 aromatic carbocycles. The van der Waals surface area contributed by atoms with Gasteiger partial charge in [0.15, 0.2) is 0 Å². The first kappa shape index (κ1) is 7.97. The maximum atomic E-state index is 12.7. The van der Waals surface area contributed by atoms with Crippen molar-refractivity contribution in [3.8, 4) is 0 Å². The molecule has 0 aliphatic carbocycles. The lowest BCUT2D eigenvalue weighted by atomic mass is 9.92. The van der Waals surface area contributed by atoms with Crippen LogP contribution in [0.1, 0.15) is 32.7 Å². The van der Waals surface area contributed by atoms with Gasteiger partial charge in [0.2, 0.25) is 0 Å². The number of aromatic nitrogens is 3. The number of aromatic amines is 1. The van der Waals surface area contributed by atoms with Crippen LogP contribution in [0, 0.1) is 19.4 Å². The third-order valence-corrected chi connectivity index (χ3v) is 3.87. The predicted octanol–water partition coefficient (Wildman–Crippen LogP) is 1.86. The summed E-state index contributed by atoms with van der Waals surface area (Å²) >= 11 is 0. The Labute approximate surface area is 155 Å². The number of aryl methyl sites for hydroxylation is 1. The highest BCUT2D eigenvalue weighted by molar-refractivity contribution is 5.88. The topological polar surface area (TPSA) is 69.5 Å². The number of hydrogen-bond acceptors (Lipinski definition) is 4. The Kier molecular flexibility index (Phi) is 2.15. The van der Waals surface area contributed by atoms with Crippen molar-refractivity contribution in [3.05, 3.63) is 29.5 Å². The average molecular weight is 336 g/mol. The van der Waals surface area contributed by atoms with E-state index in [1.54, 1.807) is 6.92 Å². The molecule has 0 spiro atoms. The fourth-order valence-corrected chi connectivity index (χ4v) is 2.69. The smallest absolute Gasteiger partial charge is 0.302 e. The first-order valence-electron chi connectivity index (χ1n) is 12.2. The van der Waals surface area contributed by atoms with Gasteiger partial charge < -0.3 is 19.6 Å². The van der Waals surface area contributed by atoms with E-state index in [1.807, 2.05) is 0 Å². The number of likely N-dealkylation sites (tertiary alicyclic amines) is 1. The largest absolute Gasteiger partial charge is 0.354 e. The second-order valence-corrected chi connectivity index (χ2v) is 5.43. The average Bonchev–Trinajstić information content (AvgIpc) is 3.01. The fraction of sp³-hybridized carbons (Fsp3) is 0.529. The Hall–Kier alpha value is -2.62. The molecule has 2 atom stereocenters. The Balaban J connectivity index is 2.25. The molecule has 1 aliphatic rings. The molecule has 7 heteroatoms. The number of piperidine rings is 1. The zero-order chi connectivity index (χ0) is 25.9. The van der Waals surface area contributed by atoms with Crippen LogP contribution < -0.4 is 4.90 Å². The highest BCUT2D eigenvalue weighted by Crippen LogP contribution is 2.29. The summed E-state index contributed by atoms with van der Waals surface area (Å²) in [6.07, 6.45) is 0.533. The second kappa shape index (κ2) is 6.48. The van der Waals surface area contributed by atoms with Gasteiger partial charge in [-0.3, -0.25) is 4.79 Å². The van der Waals surface area contributed by atoms with Crippen molar-refractivity contribution < 1.29 is 18.5 Å². The van der Waals surface area contributed by atoms with Crippen molar-refractivity contribution in [3.63, 3.8) is 0 Å². The zero-order valence-corrected chi connectivity index (χ0v) is 12.9. The normalized spacial score (nSPS) is 31.7. The molecule has 3 rings (SSSR count). The molecule has 3 heterocycles. The molecule has 2 aromatic rings. The second-order valence-electron chi connectivity index (χ2n) is 5.43. The van der Waals surface area contributed by atoms with Gasteiger partial charge in [0.25, 0.3) is 6.50 Å². The van der Waals surface area contributed by atoms with Crippen LogP contribution in [0.25, 0.3) is 15.9 Å². The number of hydrogen-bond donors (Lipinski definition) is 1. The van der Waals surface area contributed by atoms with E-state index in [9.17, 15) is 4.79 Å². The number of anilines is 1. The van der Waals surface area contributed by atoms with E-state index < -0.39 is 51.1 Å². The number of rotatable bonds is 3. The monoisotopic (exact) mass is 336 g/mol. The lowest BCUT2D eigenvalue weighted by Crippen LogP contribution is -2.53. The summed E-state index contributed by atoms with van der Waals surface area (Å²) in [5, 5.41) is 0.00366. The Morgan fingerprint density at radius 1 is 1.75 bits per heavy atom. The standard InChI is InChI=1S/C17H22N6O/c1-11-5-6-23(15(24)8-18-3)9-14(11)22(4)17-13-7-12(2)21-16(13)19-10-20-17/h7,10-11,14H,5-6,8-9H2,1-2,4H3,(H,19,20,21)/t11-,14+/m1/s1/i1D3,4D3,7D,8D2,11D. The van der Waals surface area contributed by atoms with Crippen LogP contribution in [0.4, 0.5) is 5.82 Å². The van der Waals surface area contributed by atoms with Crippen LogP contribution in [0.3, 0.4) is 0 Å². The quantitative estimate of drug-likeness (QED) is 0.869. The summed E-state index contributed by atoms with van der Waals surface area (Å²) in [5.41, 5.74) is 0.500. The van der Waals surface area contributed by atoms with E-state index in [-0.39, 0.29) is 29.4 Å². The molecule has 7 nitrogen and oxygen atoms in total. The van der Waals surface area contributed by atoms with Crippen LogP contribution in [-0.4, -0.2) is 58.4 Å². The van der Waals surface area contributed by atoms with Gasteiger partial charge in [-0.05, 0) is 25.3 Å². The summed E-state index contributed by atoms with van der Waals surface area (Å²) in [6.45, 7) is -1.48. The molecule has 1 fully saturated rings. The molecule has 1 aliphatic heterocycles. The molecule has 1 N–H and O–H groups in total. The van der Waals surface area contributed by atoms with Crippen molar-refractivity contribution in [1.82, 2.24) is 19.9 Å². The van der Waals surface area contributed by atoms with E-state index in [0.29, 0.717) is 10.6 Å². The number of carbonyl (C=O) groups is 1. The summed E-state index contributed by atoms with van der Waals surface area (Å²) in [7, 11) is 0. The molecule has 0 saturated carbocycles. The fourth-order valence-electron chi connectivity index (χ4n) is 2.69. The van der Waals surface area contributed by atoms with Crippen molar-refractivity contribution in [2.75, 3.05) is 31.5 Å². The highest BCUT2D eigenvalue weighted by Gasteiger charge is 2.33. The van der Waals surface area contributed by atoms with Crippen LogP contribution >= 0.6 is 0 Å². The molecule has 24 heavy (non-hydrogen) atoms. The Bertz CT molecular complexity index is 1150. The molecule has 1 amide bonds. The first-order chi connectivity index (χ1) is 15.5. The van der Waals surface area contributed by atoms with Crippen LogP contribution in [0.2, 0.25) is 0 Å². The Morgan fingerprint density at radius 3 is 3.38 bits per heavy atom. The molecule has 2 aromatic heterocycles. The predicted molar refractivity (Wildman–Crippen MR) is 92.6 cm³/mol. The maximum absolute atomic E-state index is 12.7. The van der Waals surface area contributed by atoms with Gasteiger partial charge in [-0.15, -0.1) is 0 Å². The number of fused-ring (bicyclic) bond motifs is 1. The number of nitrogens with zero attached hydrogens (tertiary/aromatic N) is 5. The lowest BCUT2D eigenvalue weighted by molar-refractivity contribution is -0.130. The highest BCUT2D eigenvalue weighted by atomic mass is 16.2. The van der Waals surface area contributed by atoms with Gasteiger partial charge in [-0.25, -0.2) is 16.5 Å². The van der Waals surface area contributed by atoms with Crippen molar-refractivity contribution in [2.24, 2.45) is 5.89 Å². The van der Waals surface area contributed by atoms with Gasteiger partial charge in [-0.1, -0.05) is 6.85 Å². The summed E-state index contributed by atoms with van der Waals surface area (Å²) in [5.74, 6) is -3.96. The van der Waals surface area contributed by atoms with E-state index in [4.69, 9.17) is 20.3 Å². The van der Waals surface area contributed by atoms with Gasteiger partial charge in [0.05, 0.1) is 12.8 Å². The number of nitrogens with one attached hydrogen (secondary N) is 1. The minimum absolute atomic E-state index is 0.00366. The van der Waals surface area contributed by atoms with Gasteiger partial charge in [0, 0.05) is 35.4 Å². The van der Waals surface area contributed by atoms with Crippen molar-refractivity contribution in [1.29, 1.82) is 0 Å². The van der Waals surface area contributed by atoms with E-state index in [1.165, 1.54) is 0 Å². The minimum atomic E-state index is -3.06. The van der Waals surface area contributed by atoms with Gasteiger partial charge in [0.1, 0.15) is 20.5 Å². The Morgan fingerprint density at radius 2 is 2.62 bits per heavy atom. The maximum Gasteiger partial charge on any atom is 0.302 e. The molecule has 126 valence electrons. The zero-order valence-electron chi connectivity index (χ0n) is 22.9. The van der Waals surface area contributed by atoms with Crippen LogP contribution in [-0.2, 0) is 4.79 Å². The summed E-state index contributed by atoms with van der Waals surface area (Å²) in [4.78, 5) is 27.7. The van der Waals surface area contributed by atoms with E-state index in [0.717, 1.165) is 11.2 Å². The third kappa shape index (κ3) is 2.92. The molecule has 0 radical (unpaired) electrons. The van der Waals surface area contributed by atoms with E-state index >= 15 is 0 Å². The van der Waals surface area contributed by atoms with Crippen LogP contribution in [0.15, 0.2) is 12.4 Å². The molecular formula is C17H22N6O. The van der Waals surface area contributed by atoms with Gasteiger partial charge in [-0.2, -0.15) is 0 Å². The number of amides is 1. The molecule has 0 unspecified atom stereocenters. The minimum Gasteiger partial charge on any atom is -0.354 e. The van der Waals surface area contributed by atoms with Crippen molar-refractivity contribution >= 4 is 22.8 Å². The molecule has 0 bridgehead atoms. The van der Waals surface area contributed by atoms with Crippen LogP contribution in [0.5, 0.6) is 0 Å². The van der Waals surface area contributed by atoms with Gasteiger partial charge >= 0.3 is 5.91 Å². The van der Waals surface area contributed by atoms with E-state index in [2.05, 4.69) is 19.8 Å². The molecule has 1 saturated heterocycles. The third-order valence-electron chi connectivity index (χ3n) is 3.87.